The molecule has 0 amide bonds. The van der Waals surface area contributed by atoms with Gasteiger partial charge in [-0.1, -0.05) is 30.3 Å². The summed E-state index contributed by atoms with van der Waals surface area (Å²) < 4.78 is 40.4. The van der Waals surface area contributed by atoms with Crippen LogP contribution >= 0.6 is 0 Å². The highest BCUT2D eigenvalue weighted by Crippen LogP contribution is 2.46. The Morgan fingerprint density at radius 3 is 2.08 bits per heavy atom. The fourth-order valence-corrected chi connectivity index (χ4v) is 4.43. The van der Waals surface area contributed by atoms with Crippen molar-refractivity contribution in [2.24, 2.45) is 0 Å². The van der Waals surface area contributed by atoms with Crippen LogP contribution in [-0.2, 0) is 12.1 Å². The SMILES string of the molecule is OC1(c2cc(F)c(F)c(F)c2)CC2CCC(C1)N2Cc1ccccc1. The van der Waals surface area contributed by atoms with Gasteiger partial charge < -0.3 is 5.11 Å². The molecule has 2 unspecified atom stereocenters. The first-order valence-electron chi connectivity index (χ1n) is 8.63. The molecule has 2 aliphatic heterocycles. The van der Waals surface area contributed by atoms with Gasteiger partial charge in [0.1, 0.15) is 0 Å². The molecule has 0 aromatic heterocycles. The molecule has 2 nitrogen and oxygen atoms in total. The summed E-state index contributed by atoms with van der Waals surface area (Å²) in [5, 5.41) is 11.1. The first-order valence-corrected chi connectivity index (χ1v) is 8.63. The van der Waals surface area contributed by atoms with Crippen LogP contribution in [0.25, 0.3) is 0 Å². The van der Waals surface area contributed by atoms with Crippen LogP contribution in [0.4, 0.5) is 13.2 Å². The van der Waals surface area contributed by atoms with E-state index in [9.17, 15) is 18.3 Å². The molecule has 4 rings (SSSR count). The van der Waals surface area contributed by atoms with Gasteiger partial charge in [0.2, 0.25) is 0 Å². The van der Waals surface area contributed by atoms with E-state index in [1.807, 2.05) is 18.2 Å². The predicted octanol–water partition coefficient (Wildman–Crippen LogP) is 4.12. The van der Waals surface area contributed by atoms with Crippen LogP contribution in [0.3, 0.4) is 0 Å². The third kappa shape index (κ3) is 2.96. The summed E-state index contributed by atoms with van der Waals surface area (Å²) in [5.41, 5.74) is 0.0397. The van der Waals surface area contributed by atoms with Crippen LogP contribution < -0.4 is 0 Å². The van der Waals surface area contributed by atoms with Crippen molar-refractivity contribution in [1.29, 1.82) is 0 Å². The molecule has 0 spiro atoms. The number of piperidine rings is 1. The maximum atomic E-state index is 13.6. The number of halogens is 3. The van der Waals surface area contributed by atoms with Gasteiger partial charge in [-0.2, -0.15) is 0 Å². The van der Waals surface area contributed by atoms with E-state index in [1.165, 1.54) is 5.56 Å². The minimum Gasteiger partial charge on any atom is -0.385 e. The highest BCUT2D eigenvalue weighted by atomic mass is 19.2. The van der Waals surface area contributed by atoms with E-state index in [-0.39, 0.29) is 17.6 Å². The largest absolute Gasteiger partial charge is 0.385 e. The van der Waals surface area contributed by atoms with Gasteiger partial charge in [0.15, 0.2) is 17.5 Å². The van der Waals surface area contributed by atoms with Gasteiger partial charge in [0.05, 0.1) is 5.60 Å². The summed E-state index contributed by atoms with van der Waals surface area (Å²) in [5.74, 6) is -3.98. The monoisotopic (exact) mass is 347 g/mol. The van der Waals surface area contributed by atoms with E-state index in [4.69, 9.17) is 0 Å². The van der Waals surface area contributed by atoms with Crippen LogP contribution in [-0.4, -0.2) is 22.1 Å². The quantitative estimate of drug-likeness (QED) is 0.845. The summed E-state index contributed by atoms with van der Waals surface area (Å²) in [6.07, 6.45) is 2.71. The lowest BCUT2D eigenvalue weighted by molar-refractivity contribution is -0.0599. The summed E-state index contributed by atoms with van der Waals surface area (Å²) in [7, 11) is 0. The van der Waals surface area contributed by atoms with Crippen molar-refractivity contribution in [3.05, 3.63) is 71.0 Å². The number of fused-ring (bicyclic) bond motifs is 2. The highest BCUT2D eigenvalue weighted by molar-refractivity contribution is 5.28. The zero-order chi connectivity index (χ0) is 17.6. The molecule has 2 fully saturated rings. The smallest absolute Gasteiger partial charge is 0.194 e. The zero-order valence-corrected chi connectivity index (χ0v) is 13.8. The Labute approximate surface area is 144 Å². The van der Waals surface area contributed by atoms with Crippen LogP contribution in [0, 0.1) is 17.5 Å². The van der Waals surface area contributed by atoms with Gasteiger partial charge in [-0.25, -0.2) is 13.2 Å². The third-order valence-electron chi connectivity index (χ3n) is 5.65. The normalized spacial score (nSPS) is 29.1. The molecular formula is C20H20F3NO. The average Bonchev–Trinajstić information content (AvgIpc) is 2.84. The van der Waals surface area contributed by atoms with Gasteiger partial charge in [-0.05, 0) is 48.9 Å². The van der Waals surface area contributed by atoms with E-state index in [2.05, 4.69) is 17.0 Å². The van der Waals surface area contributed by atoms with Gasteiger partial charge in [-0.3, -0.25) is 4.90 Å². The molecule has 2 aromatic carbocycles. The average molecular weight is 347 g/mol. The lowest BCUT2D eigenvalue weighted by Crippen LogP contribution is -2.49. The second-order valence-electron chi connectivity index (χ2n) is 7.24. The summed E-state index contributed by atoms with van der Waals surface area (Å²) in [6, 6.07) is 12.3. The van der Waals surface area contributed by atoms with Crippen molar-refractivity contribution in [3.63, 3.8) is 0 Å². The van der Waals surface area contributed by atoms with E-state index in [0.29, 0.717) is 12.8 Å². The molecule has 0 radical (unpaired) electrons. The number of hydrogen-bond acceptors (Lipinski definition) is 2. The fraction of sp³-hybridized carbons (Fsp3) is 0.400. The molecule has 2 aromatic rings. The van der Waals surface area contributed by atoms with Crippen molar-refractivity contribution in [1.82, 2.24) is 4.90 Å². The van der Waals surface area contributed by atoms with E-state index < -0.39 is 23.1 Å². The predicted molar refractivity (Wildman–Crippen MR) is 88.2 cm³/mol. The Kier molecular flexibility index (Phi) is 4.08. The van der Waals surface area contributed by atoms with Crippen molar-refractivity contribution < 1.29 is 18.3 Å². The first kappa shape index (κ1) is 16.6. The van der Waals surface area contributed by atoms with Crippen LogP contribution in [0.1, 0.15) is 36.8 Å². The maximum Gasteiger partial charge on any atom is 0.194 e. The summed E-state index contributed by atoms with van der Waals surface area (Å²) in [4.78, 5) is 2.38. The second kappa shape index (κ2) is 6.15. The molecule has 5 heteroatoms. The standard InChI is InChI=1S/C20H20F3NO/c21-17-8-14(9-18(22)19(17)23)20(25)10-15-6-7-16(11-20)24(15)12-13-4-2-1-3-5-13/h1-5,8-9,15-16,25H,6-7,10-12H2. The van der Waals surface area contributed by atoms with Crippen LogP contribution in [0.2, 0.25) is 0 Å². The minimum absolute atomic E-state index is 0.139. The number of hydrogen-bond donors (Lipinski definition) is 1. The molecule has 2 saturated heterocycles. The van der Waals surface area contributed by atoms with E-state index in [0.717, 1.165) is 31.5 Å². The van der Waals surface area contributed by atoms with Gasteiger partial charge in [0, 0.05) is 18.6 Å². The number of rotatable bonds is 3. The van der Waals surface area contributed by atoms with Crippen LogP contribution in [0.5, 0.6) is 0 Å². The van der Waals surface area contributed by atoms with Crippen molar-refractivity contribution in [3.8, 4) is 0 Å². The molecule has 2 heterocycles. The lowest BCUT2D eigenvalue weighted by atomic mass is 9.80. The lowest BCUT2D eigenvalue weighted by Gasteiger charge is -2.44. The number of benzene rings is 2. The molecule has 2 bridgehead atoms. The highest BCUT2D eigenvalue weighted by Gasteiger charge is 2.48. The molecule has 2 atom stereocenters. The summed E-state index contributed by atoms with van der Waals surface area (Å²) in [6.45, 7) is 0.804. The van der Waals surface area contributed by atoms with Crippen LogP contribution in [0.15, 0.2) is 42.5 Å². The Morgan fingerprint density at radius 1 is 0.960 bits per heavy atom. The first-order chi connectivity index (χ1) is 12.0. The van der Waals surface area contributed by atoms with Crippen molar-refractivity contribution >= 4 is 0 Å². The molecule has 1 N–H and O–H groups in total. The van der Waals surface area contributed by atoms with E-state index in [1.54, 1.807) is 0 Å². The maximum absolute atomic E-state index is 13.6. The Morgan fingerprint density at radius 2 is 1.52 bits per heavy atom. The van der Waals surface area contributed by atoms with Crippen molar-refractivity contribution in [2.45, 2.75) is 49.9 Å². The van der Waals surface area contributed by atoms with Gasteiger partial charge >= 0.3 is 0 Å². The van der Waals surface area contributed by atoms with Gasteiger partial charge in [-0.15, -0.1) is 0 Å². The number of nitrogens with zero attached hydrogens (tertiary/aromatic N) is 1. The summed E-state index contributed by atoms with van der Waals surface area (Å²) >= 11 is 0. The fourth-order valence-electron chi connectivity index (χ4n) is 4.43. The number of aliphatic hydroxyl groups is 1. The van der Waals surface area contributed by atoms with Gasteiger partial charge in [0.25, 0.3) is 0 Å². The van der Waals surface area contributed by atoms with E-state index >= 15 is 0 Å². The van der Waals surface area contributed by atoms with Crippen molar-refractivity contribution in [2.75, 3.05) is 0 Å². The molecular weight excluding hydrogens is 327 g/mol. The molecule has 25 heavy (non-hydrogen) atoms. The minimum atomic E-state index is -1.49. The Balaban J connectivity index is 1.58. The molecule has 132 valence electrons. The molecule has 2 aliphatic rings. The second-order valence-corrected chi connectivity index (χ2v) is 7.24. The zero-order valence-electron chi connectivity index (χ0n) is 13.8. The Hall–Kier alpha value is -1.85. The third-order valence-corrected chi connectivity index (χ3v) is 5.65. The molecule has 0 aliphatic carbocycles. The molecule has 0 saturated carbocycles. The topological polar surface area (TPSA) is 23.5 Å². The Bertz CT molecular complexity index is 743.